The molecule has 0 saturated carbocycles. The minimum atomic E-state index is -1.06. The van der Waals surface area contributed by atoms with Crippen molar-refractivity contribution < 1.29 is 24.2 Å². The largest absolute Gasteiger partial charge is 0.495 e. The molecular formula is C17H19NO5. The number of allylic oxidation sites excluding steroid dienone is 2. The topological polar surface area (TPSA) is 76.1 Å². The van der Waals surface area contributed by atoms with Gasteiger partial charge in [0.15, 0.2) is 0 Å². The lowest BCUT2D eigenvalue weighted by atomic mass is 9.96. The third-order valence-electron chi connectivity index (χ3n) is 3.91. The van der Waals surface area contributed by atoms with Gasteiger partial charge in [-0.3, -0.25) is 0 Å². The van der Waals surface area contributed by atoms with Gasteiger partial charge in [0.2, 0.25) is 0 Å². The summed E-state index contributed by atoms with van der Waals surface area (Å²) in [5, 5.41) is 9.47. The number of rotatable bonds is 4. The number of carboxylic acid groups (broad SMARTS) is 1. The smallest absolute Gasteiger partial charge is 0.335 e. The average Bonchev–Trinajstić information content (AvgIpc) is 2.54. The van der Waals surface area contributed by atoms with Crippen molar-refractivity contribution in [1.29, 1.82) is 0 Å². The zero-order valence-electron chi connectivity index (χ0n) is 13.5. The van der Waals surface area contributed by atoms with Crippen molar-refractivity contribution in [1.82, 2.24) is 0 Å². The maximum absolute atomic E-state index is 12.0. The summed E-state index contributed by atoms with van der Waals surface area (Å²) in [6, 6.07) is 7.24. The molecule has 1 heterocycles. The molecule has 0 unspecified atom stereocenters. The molecule has 0 aromatic heterocycles. The molecule has 6 heteroatoms. The molecule has 0 amide bonds. The SMILES string of the molecule is COC(=O)C1=C(C)N(c2ccccc2OC)C(C)=C(C(=O)O)C1. The van der Waals surface area contributed by atoms with Crippen molar-refractivity contribution in [3.63, 3.8) is 0 Å². The molecule has 2 rings (SSSR count). The van der Waals surface area contributed by atoms with E-state index in [-0.39, 0.29) is 12.0 Å². The van der Waals surface area contributed by atoms with E-state index in [1.165, 1.54) is 7.11 Å². The van der Waals surface area contributed by atoms with Crippen LogP contribution in [-0.2, 0) is 14.3 Å². The van der Waals surface area contributed by atoms with E-state index < -0.39 is 11.9 Å². The molecule has 0 fully saturated rings. The van der Waals surface area contributed by atoms with Crippen LogP contribution < -0.4 is 9.64 Å². The van der Waals surface area contributed by atoms with Gasteiger partial charge in [0.25, 0.3) is 0 Å². The Balaban J connectivity index is 2.68. The highest BCUT2D eigenvalue weighted by Crippen LogP contribution is 2.39. The van der Waals surface area contributed by atoms with Gasteiger partial charge in [-0.2, -0.15) is 0 Å². The molecule has 6 nitrogen and oxygen atoms in total. The van der Waals surface area contributed by atoms with Gasteiger partial charge in [0.1, 0.15) is 5.75 Å². The summed E-state index contributed by atoms with van der Waals surface area (Å²) in [4.78, 5) is 25.3. The first-order valence-corrected chi connectivity index (χ1v) is 7.06. The van der Waals surface area contributed by atoms with Gasteiger partial charge in [-0.1, -0.05) is 12.1 Å². The molecule has 1 aliphatic heterocycles. The zero-order chi connectivity index (χ0) is 17.1. The fourth-order valence-corrected chi connectivity index (χ4v) is 2.70. The predicted molar refractivity (Wildman–Crippen MR) is 85.1 cm³/mol. The van der Waals surface area contributed by atoms with Crippen LogP contribution in [0.15, 0.2) is 46.8 Å². The minimum absolute atomic E-state index is 0.0331. The Morgan fingerprint density at radius 3 is 2.26 bits per heavy atom. The Kier molecular flexibility index (Phi) is 4.74. The molecule has 0 bridgehead atoms. The van der Waals surface area contributed by atoms with Crippen molar-refractivity contribution >= 4 is 17.6 Å². The molecule has 0 radical (unpaired) electrons. The van der Waals surface area contributed by atoms with Crippen LogP contribution in [0.25, 0.3) is 0 Å². The van der Waals surface area contributed by atoms with E-state index in [2.05, 4.69) is 0 Å². The van der Waals surface area contributed by atoms with E-state index >= 15 is 0 Å². The molecular weight excluding hydrogens is 298 g/mol. The molecule has 0 aliphatic carbocycles. The molecule has 1 aromatic carbocycles. The maximum atomic E-state index is 12.0. The first-order chi connectivity index (χ1) is 10.9. The lowest BCUT2D eigenvalue weighted by Gasteiger charge is -2.33. The fourth-order valence-electron chi connectivity index (χ4n) is 2.70. The number of hydrogen-bond donors (Lipinski definition) is 1. The van der Waals surface area contributed by atoms with Gasteiger partial charge < -0.3 is 19.5 Å². The Labute approximate surface area is 134 Å². The Morgan fingerprint density at radius 1 is 1.09 bits per heavy atom. The number of carbonyl (C=O) groups is 2. The number of anilines is 1. The van der Waals surface area contributed by atoms with Crippen molar-refractivity contribution in [2.75, 3.05) is 19.1 Å². The lowest BCUT2D eigenvalue weighted by Crippen LogP contribution is -2.30. The van der Waals surface area contributed by atoms with E-state index in [0.717, 1.165) is 0 Å². The van der Waals surface area contributed by atoms with Crippen LogP contribution in [0.4, 0.5) is 5.69 Å². The molecule has 23 heavy (non-hydrogen) atoms. The third-order valence-corrected chi connectivity index (χ3v) is 3.91. The molecule has 122 valence electrons. The highest BCUT2D eigenvalue weighted by Gasteiger charge is 2.31. The number of benzene rings is 1. The normalized spacial score (nSPS) is 14.9. The summed E-state index contributed by atoms with van der Waals surface area (Å²) < 4.78 is 10.2. The van der Waals surface area contributed by atoms with Gasteiger partial charge in [0, 0.05) is 17.8 Å². The Bertz CT molecular complexity index is 717. The van der Waals surface area contributed by atoms with Crippen LogP contribution in [0.2, 0.25) is 0 Å². The van der Waals surface area contributed by atoms with Gasteiger partial charge in [-0.15, -0.1) is 0 Å². The summed E-state index contributed by atoms with van der Waals surface area (Å²) in [7, 11) is 2.82. The Morgan fingerprint density at radius 2 is 1.70 bits per heavy atom. The second-order valence-electron chi connectivity index (χ2n) is 5.11. The number of esters is 1. The quantitative estimate of drug-likeness (QED) is 0.861. The predicted octanol–water partition coefficient (Wildman–Crippen LogP) is 2.71. The van der Waals surface area contributed by atoms with Gasteiger partial charge in [-0.05, 0) is 26.0 Å². The monoisotopic (exact) mass is 317 g/mol. The molecule has 0 atom stereocenters. The van der Waals surface area contributed by atoms with Gasteiger partial charge in [0.05, 0.1) is 31.1 Å². The lowest BCUT2D eigenvalue weighted by molar-refractivity contribution is -0.136. The molecule has 0 spiro atoms. The molecule has 1 N–H and O–H groups in total. The Hall–Kier alpha value is -2.76. The van der Waals surface area contributed by atoms with Crippen LogP contribution in [0.3, 0.4) is 0 Å². The second kappa shape index (κ2) is 6.56. The van der Waals surface area contributed by atoms with Crippen LogP contribution >= 0.6 is 0 Å². The van der Waals surface area contributed by atoms with E-state index in [1.54, 1.807) is 31.9 Å². The van der Waals surface area contributed by atoms with E-state index in [9.17, 15) is 14.7 Å². The number of hydrogen-bond acceptors (Lipinski definition) is 5. The van der Waals surface area contributed by atoms with Crippen LogP contribution in [-0.4, -0.2) is 31.3 Å². The second-order valence-corrected chi connectivity index (χ2v) is 5.11. The highest BCUT2D eigenvalue weighted by atomic mass is 16.5. The minimum Gasteiger partial charge on any atom is -0.495 e. The van der Waals surface area contributed by atoms with E-state index in [1.807, 2.05) is 18.2 Å². The maximum Gasteiger partial charge on any atom is 0.335 e. The number of aliphatic carboxylic acids is 1. The summed E-state index contributed by atoms with van der Waals surface area (Å²) in [5.74, 6) is -1.01. The number of methoxy groups -OCH3 is 2. The number of para-hydroxylation sites is 2. The molecule has 1 aliphatic rings. The van der Waals surface area contributed by atoms with Crippen LogP contribution in [0.5, 0.6) is 5.75 Å². The first-order valence-electron chi connectivity index (χ1n) is 7.06. The highest BCUT2D eigenvalue weighted by molar-refractivity contribution is 5.98. The fraction of sp³-hybridized carbons (Fsp3) is 0.294. The summed E-state index contributed by atoms with van der Waals surface area (Å²) in [6.07, 6.45) is 0.0331. The van der Waals surface area contributed by atoms with Gasteiger partial charge in [-0.25, -0.2) is 9.59 Å². The van der Waals surface area contributed by atoms with Crippen molar-refractivity contribution in [3.8, 4) is 5.75 Å². The number of nitrogens with zero attached hydrogens (tertiary/aromatic N) is 1. The standard InChI is InChI=1S/C17H19NO5/c1-10-12(16(19)20)9-13(17(21)23-4)11(2)18(10)14-7-5-6-8-15(14)22-3/h5-8H,9H2,1-4H3,(H,19,20). The molecule has 0 saturated heterocycles. The van der Waals surface area contributed by atoms with Gasteiger partial charge >= 0.3 is 11.9 Å². The first kappa shape index (κ1) is 16.6. The van der Waals surface area contributed by atoms with Crippen LogP contribution in [0.1, 0.15) is 20.3 Å². The summed E-state index contributed by atoms with van der Waals surface area (Å²) in [5.41, 5.74) is 2.32. The zero-order valence-corrected chi connectivity index (χ0v) is 13.5. The van der Waals surface area contributed by atoms with E-state index in [4.69, 9.17) is 9.47 Å². The van der Waals surface area contributed by atoms with Crippen molar-refractivity contribution in [2.24, 2.45) is 0 Å². The summed E-state index contributed by atoms with van der Waals surface area (Å²) >= 11 is 0. The van der Waals surface area contributed by atoms with Crippen molar-refractivity contribution in [3.05, 3.63) is 46.8 Å². The summed E-state index contributed by atoms with van der Waals surface area (Å²) in [6.45, 7) is 3.48. The van der Waals surface area contributed by atoms with Crippen molar-refractivity contribution in [2.45, 2.75) is 20.3 Å². The van der Waals surface area contributed by atoms with E-state index in [0.29, 0.717) is 28.4 Å². The third kappa shape index (κ3) is 2.92. The number of carbonyl (C=O) groups excluding carboxylic acids is 1. The average molecular weight is 317 g/mol. The van der Waals surface area contributed by atoms with Crippen LogP contribution in [0, 0.1) is 0 Å². The number of carboxylic acids is 1. The number of ether oxygens (including phenoxy) is 2. The molecule has 1 aromatic rings.